The van der Waals surface area contributed by atoms with Gasteiger partial charge in [0.25, 0.3) is 0 Å². The van der Waals surface area contributed by atoms with Crippen molar-refractivity contribution < 1.29 is 14.2 Å². The molecular formula is C25H26ClNO3. The van der Waals surface area contributed by atoms with Crippen LogP contribution in [0.1, 0.15) is 28.2 Å². The molecule has 0 amide bonds. The van der Waals surface area contributed by atoms with Crippen LogP contribution in [0.5, 0.6) is 17.2 Å². The Morgan fingerprint density at radius 1 is 0.867 bits per heavy atom. The summed E-state index contributed by atoms with van der Waals surface area (Å²) in [5, 5.41) is 0.693. The molecule has 0 bridgehead atoms. The highest BCUT2D eigenvalue weighted by Crippen LogP contribution is 2.42. The van der Waals surface area contributed by atoms with Crippen LogP contribution < -0.4 is 14.2 Å². The number of methoxy groups -OCH3 is 3. The molecule has 1 aliphatic heterocycles. The van der Waals surface area contributed by atoms with E-state index in [0.29, 0.717) is 10.8 Å². The molecule has 0 aromatic heterocycles. The molecule has 0 saturated carbocycles. The van der Waals surface area contributed by atoms with Gasteiger partial charge in [-0.05, 0) is 40.5 Å². The van der Waals surface area contributed by atoms with E-state index in [1.165, 1.54) is 16.7 Å². The van der Waals surface area contributed by atoms with Crippen LogP contribution in [0, 0.1) is 0 Å². The molecule has 156 valence electrons. The Bertz CT molecular complexity index is 1020. The summed E-state index contributed by atoms with van der Waals surface area (Å²) in [4.78, 5) is 2.43. The standard InChI is InChI=1S/C25H26ClNO3/c1-28-22-11-9-18(13-24(22)30-3)20-15-27(14-17-7-5-4-6-8-17)16-21-19(20)10-12-23(29-2)25(21)26/h4-13,20H,14-16H2,1-3H3. The highest BCUT2D eigenvalue weighted by Gasteiger charge is 2.30. The van der Waals surface area contributed by atoms with Crippen molar-refractivity contribution >= 4 is 11.6 Å². The molecule has 1 aliphatic rings. The highest BCUT2D eigenvalue weighted by atomic mass is 35.5. The minimum atomic E-state index is 0.167. The lowest BCUT2D eigenvalue weighted by atomic mass is 9.84. The van der Waals surface area contributed by atoms with Gasteiger partial charge in [-0.3, -0.25) is 4.90 Å². The summed E-state index contributed by atoms with van der Waals surface area (Å²) in [5.41, 5.74) is 4.81. The zero-order valence-electron chi connectivity index (χ0n) is 17.5. The van der Waals surface area contributed by atoms with E-state index in [1.54, 1.807) is 21.3 Å². The van der Waals surface area contributed by atoms with Crippen LogP contribution in [0.15, 0.2) is 60.7 Å². The highest BCUT2D eigenvalue weighted by molar-refractivity contribution is 6.33. The smallest absolute Gasteiger partial charge is 0.161 e. The van der Waals surface area contributed by atoms with E-state index in [0.717, 1.165) is 36.7 Å². The van der Waals surface area contributed by atoms with E-state index in [4.69, 9.17) is 25.8 Å². The first-order chi connectivity index (χ1) is 14.6. The van der Waals surface area contributed by atoms with Crippen LogP contribution in [0.4, 0.5) is 0 Å². The molecule has 0 N–H and O–H groups in total. The van der Waals surface area contributed by atoms with Crippen molar-refractivity contribution in [1.29, 1.82) is 0 Å². The van der Waals surface area contributed by atoms with E-state index in [-0.39, 0.29) is 5.92 Å². The second kappa shape index (κ2) is 8.99. The predicted octanol–water partition coefficient (Wildman–Crippen LogP) is 5.51. The molecule has 4 rings (SSSR count). The summed E-state index contributed by atoms with van der Waals surface area (Å²) in [5.74, 6) is 2.34. The van der Waals surface area contributed by atoms with E-state index in [9.17, 15) is 0 Å². The molecule has 0 aliphatic carbocycles. The van der Waals surface area contributed by atoms with Gasteiger partial charge >= 0.3 is 0 Å². The van der Waals surface area contributed by atoms with Crippen LogP contribution in [0.3, 0.4) is 0 Å². The van der Waals surface area contributed by atoms with Gasteiger partial charge in [-0.1, -0.05) is 54.1 Å². The van der Waals surface area contributed by atoms with Crippen LogP contribution in [-0.4, -0.2) is 32.8 Å². The minimum absolute atomic E-state index is 0.167. The van der Waals surface area contributed by atoms with Gasteiger partial charge in [-0.2, -0.15) is 0 Å². The first-order valence-electron chi connectivity index (χ1n) is 9.98. The van der Waals surface area contributed by atoms with Crippen molar-refractivity contribution in [2.75, 3.05) is 27.9 Å². The second-order valence-electron chi connectivity index (χ2n) is 7.47. The number of ether oxygens (including phenoxy) is 3. The van der Waals surface area contributed by atoms with Gasteiger partial charge in [0.15, 0.2) is 11.5 Å². The largest absolute Gasteiger partial charge is 0.495 e. The van der Waals surface area contributed by atoms with Gasteiger partial charge in [-0.25, -0.2) is 0 Å². The molecule has 3 aromatic carbocycles. The van der Waals surface area contributed by atoms with Gasteiger partial charge in [-0.15, -0.1) is 0 Å². The van der Waals surface area contributed by atoms with Crippen LogP contribution >= 0.6 is 11.6 Å². The molecule has 5 heteroatoms. The number of hydrogen-bond donors (Lipinski definition) is 0. The maximum absolute atomic E-state index is 6.76. The van der Waals surface area contributed by atoms with E-state index in [1.807, 2.05) is 18.2 Å². The zero-order chi connectivity index (χ0) is 21.1. The number of benzene rings is 3. The van der Waals surface area contributed by atoms with Crippen molar-refractivity contribution in [3.8, 4) is 17.2 Å². The maximum Gasteiger partial charge on any atom is 0.161 e. The fourth-order valence-corrected chi connectivity index (χ4v) is 4.53. The Labute approximate surface area is 182 Å². The quantitative estimate of drug-likeness (QED) is 0.522. The van der Waals surface area contributed by atoms with Crippen molar-refractivity contribution in [3.63, 3.8) is 0 Å². The molecule has 4 nitrogen and oxygen atoms in total. The van der Waals surface area contributed by atoms with E-state index in [2.05, 4.69) is 47.4 Å². The predicted molar refractivity (Wildman–Crippen MR) is 120 cm³/mol. The first-order valence-corrected chi connectivity index (χ1v) is 10.4. The van der Waals surface area contributed by atoms with Crippen molar-refractivity contribution in [1.82, 2.24) is 4.90 Å². The lowest BCUT2D eigenvalue weighted by Crippen LogP contribution is -2.34. The minimum Gasteiger partial charge on any atom is -0.495 e. The van der Waals surface area contributed by atoms with Crippen LogP contribution in [-0.2, 0) is 13.1 Å². The molecule has 0 fully saturated rings. The summed E-state index contributed by atoms with van der Waals surface area (Å²) >= 11 is 6.76. The lowest BCUT2D eigenvalue weighted by Gasteiger charge is -2.36. The summed E-state index contributed by atoms with van der Waals surface area (Å²) in [6, 6.07) is 20.8. The first kappa shape index (κ1) is 20.6. The number of nitrogens with zero attached hydrogens (tertiary/aromatic N) is 1. The summed E-state index contributed by atoms with van der Waals surface area (Å²) in [6.45, 7) is 2.53. The van der Waals surface area contributed by atoms with Crippen LogP contribution in [0.25, 0.3) is 0 Å². The SMILES string of the molecule is COc1ccc(C2CN(Cc3ccccc3)Cc3c2ccc(OC)c3Cl)cc1OC. The zero-order valence-corrected chi connectivity index (χ0v) is 18.3. The van der Waals surface area contributed by atoms with E-state index >= 15 is 0 Å². The summed E-state index contributed by atoms with van der Waals surface area (Å²) in [7, 11) is 4.98. The molecule has 1 atom stereocenters. The Kier molecular flexibility index (Phi) is 6.16. The molecule has 1 unspecified atom stereocenters. The van der Waals surface area contributed by atoms with Gasteiger partial charge in [0.05, 0.1) is 26.4 Å². The normalized spacial score (nSPS) is 16.1. The molecule has 30 heavy (non-hydrogen) atoms. The Balaban J connectivity index is 1.76. The van der Waals surface area contributed by atoms with Gasteiger partial charge < -0.3 is 14.2 Å². The lowest BCUT2D eigenvalue weighted by molar-refractivity contribution is 0.231. The average Bonchev–Trinajstić information content (AvgIpc) is 2.79. The number of rotatable bonds is 6. The topological polar surface area (TPSA) is 30.9 Å². The number of fused-ring (bicyclic) bond motifs is 1. The van der Waals surface area contributed by atoms with Crippen molar-refractivity contribution in [2.24, 2.45) is 0 Å². The van der Waals surface area contributed by atoms with Crippen LogP contribution in [0.2, 0.25) is 5.02 Å². The monoisotopic (exact) mass is 423 g/mol. The van der Waals surface area contributed by atoms with Gasteiger partial charge in [0.1, 0.15) is 5.75 Å². The molecular weight excluding hydrogens is 398 g/mol. The second-order valence-corrected chi connectivity index (χ2v) is 7.85. The molecule has 1 heterocycles. The maximum atomic E-state index is 6.76. The molecule has 3 aromatic rings. The fourth-order valence-electron chi connectivity index (χ4n) is 4.22. The molecule has 0 radical (unpaired) electrons. The van der Waals surface area contributed by atoms with Gasteiger partial charge in [0, 0.05) is 25.6 Å². The molecule has 0 spiro atoms. The Morgan fingerprint density at radius 2 is 1.57 bits per heavy atom. The van der Waals surface area contributed by atoms with Crippen molar-refractivity contribution in [3.05, 3.63) is 87.9 Å². The van der Waals surface area contributed by atoms with Crippen molar-refractivity contribution in [2.45, 2.75) is 19.0 Å². The van der Waals surface area contributed by atoms with E-state index < -0.39 is 0 Å². The third-order valence-corrected chi connectivity index (χ3v) is 6.14. The average molecular weight is 424 g/mol. The number of hydrogen-bond acceptors (Lipinski definition) is 4. The summed E-state index contributed by atoms with van der Waals surface area (Å²) < 4.78 is 16.5. The molecule has 0 saturated heterocycles. The van der Waals surface area contributed by atoms with Gasteiger partial charge in [0.2, 0.25) is 0 Å². The Hall–Kier alpha value is -2.69. The Morgan fingerprint density at radius 3 is 2.27 bits per heavy atom. The fraction of sp³-hybridized carbons (Fsp3) is 0.280. The summed E-state index contributed by atoms with van der Waals surface area (Å²) in [6.07, 6.45) is 0. The third-order valence-electron chi connectivity index (χ3n) is 5.72. The third kappa shape index (κ3) is 3.98. The number of halogens is 1.